The van der Waals surface area contributed by atoms with Crippen molar-refractivity contribution in [2.45, 2.75) is 58.2 Å². The maximum absolute atomic E-state index is 13.3. The fourth-order valence-corrected chi connectivity index (χ4v) is 4.03. The third-order valence-electron chi connectivity index (χ3n) is 5.83. The Bertz CT molecular complexity index is 1250. The summed E-state index contributed by atoms with van der Waals surface area (Å²) in [6, 6.07) is 10.9. The van der Waals surface area contributed by atoms with Crippen LogP contribution in [0.15, 0.2) is 67.8 Å². The van der Waals surface area contributed by atoms with E-state index in [2.05, 4.69) is 29.1 Å². The molecule has 0 aliphatic heterocycles. The lowest BCUT2D eigenvalue weighted by Gasteiger charge is -2.25. The summed E-state index contributed by atoms with van der Waals surface area (Å²) < 4.78 is 10.2. The molecule has 0 fully saturated rings. The standard InChI is InChI=1S/C31H39N3O6/c1-8-12-24(34-30(38)40-31(4,5)6)29(37)33-25(19-26(35)39-7)21-14-11-15-22(18-21)27-20(3)13-10-16-23(27)28(36)32-17-9-2/h8-11,13-16,18,24-25H,1-2,12,17,19H2,3-7H3,(H,32,36)(H,33,37)(H,34,38)/t24-,25-/m0/s1. The summed E-state index contributed by atoms with van der Waals surface area (Å²) in [7, 11) is 1.27. The molecule has 0 spiro atoms. The van der Waals surface area contributed by atoms with Gasteiger partial charge < -0.3 is 25.4 Å². The number of alkyl carbamates (subject to hydrolysis) is 1. The molecule has 0 unspecified atom stereocenters. The number of methoxy groups -OCH3 is 1. The smallest absolute Gasteiger partial charge is 0.408 e. The third-order valence-corrected chi connectivity index (χ3v) is 5.83. The number of carbonyl (C=O) groups excluding carboxylic acids is 4. The van der Waals surface area contributed by atoms with Gasteiger partial charge >= 0.3 is 12.1 Å². The Morgan fingerprint density at radius 1 is 1.00 bits per heavy atom. The topological polar surface area (TPSA) is 123 Å². The van der Waals surface area contributed by atoms with E-state index >= 15 is 0 Å². The van der Waals surface area contributed by atoms with Gasteiger partial charge in [-0.25, -0.2) is 4.79 Å². The number of hydrogen-bond donors (Lipinski definition) is 3. The Morgan fingerprint density at radius 3 is 2.33 bits per heavy atom. The summed E-state index contributed by atoms with van der Waals surface area (Å²) in [6.45, 7) is 14.7. The van der Waals surface area contributed by atoms with Crippen LogP contribution in [0.3, 0.4) is 0 Å². The molecule has 3 N–H and O–H groups in total. The van der Waals surface area contributed by atoms with Crippen LogP contribution in [-0.4, -0.2) is 49.2 Å². The minimum Gasteiger partial charge on any atom is -0.469 e. The second-order valence-corrected chi connectivity index (χ2v) is 10.2. The Labute approximate surface area is 236 Å². The zero-order valence-corrected chi connectivity index (χ0v) is 23.8. The molecular formula is C31H39N3O6. The third kappa shape index (κ3) is 9.41. The molecule has 0 heterocycles. The van der Waals surface area contributed by atoms with Gasteiger partial charge in [0.2, 0.25) is 5.91 Å². The van der Waals surface area contributed by atoms with E-state index in [1.165, 1.54) is 13.2 Å². The summed E-state index contributed by atoms with van der Waals surface area (Å²) in [5, 5.41) is 8.24. The number of nitrogens with one attached hydrogen (secondary N) is 3. The molecule has 0 bridgehead atoms. The van der Waals surface area contributed by atoms with Crippen LogP contribution in [0.5, 0.6) is 0 Å². The van der Waals surface area contributed by atoms with E-state index in [-0.39, 0.29) is 18.7 Å². The quantitative estimate of drug-likeness (QED) is 0.259. The normalized spacial score (nSPS) is 12.3. The van der Waals surface area contributed by atoms with Crippen LogP contribution in [0.2, 0.25) is 0 Å². The van der Waals surface area contributed by atoms with Crippen LogP contribution < -0.4 is 16.0 Å². The molecule has 0 radical (unpaired) electrons. The largest absolute Gasteiger partial charge is 0.469 e. The van der Waals surface area contributed by atoms with Crippen LogP contribution in [-0.2, 0) is 19.1 Å². The van der Waals surface area contributed by atoms with E-state index < -0.39 is 35.7 Å². The predicted molar refractivity (Wildman–Crippen MR) is 155 cm³/mol. The van der Waals surface area contributed by atoms with E-state index in [9.17, 15) is 19.2 Å². The molecule has 0 aromatic heterocycles. The zero-order valence-electron chi connectivity index (χ0n) is 23.8. The lowest BCUT2D eigenvalue weighted by atomic mass is 9.91. The summed E-state index contributed by atoms with van der Waals surface area (Å²) in [6.07, 6.45) is 2.35. The second-order valence-electron chi connectivity index (χ2n) is 10.2. The van der Waals surface area contributed by atoms with Crippen molar-refractivity contribution in [1.82, 2.24) is 16.0 Å². The molecule has 214 valence electrons. The lowest BCUT2D eigenvalue weighted by molar-refractivity contribution is -0.141. The van der Waals surface area contributed by atoms with Gasteiger partial charge in [-0.05, 0) is 68.5 Å². The average molecular weight is 550 g/mol. The molecule has 3 amide bonds. The van der Waals surface area contributed by atoms with Crippen molar-refractivity contribution in [3.63, 3.8) is 0 Å². The number of benzene rings is 2. The van der Waals surface area contributed by atoms with Crippen LogP contribution in [0.4, 0.5) is 4.79 Å². The molecule has 2 rings (SSSR count). The van der Waals surface area contributed by atoms with Gasteiger partial charge in [-0.15, -0.1) is 13.2 Å². The number of hydrogen-bond acceptors (Lipinski definition) is 6. The van der Waals surface area contributed by atoms with E-state index in [1.54, 1.807) is 45.0 Å². The summed E-state index contributed by atoms with van der Waals surface area (Å²) in [5.41, 5.74) is 2.70. The highest BCUT2D eigenvalue weighted by atomic mass is 16.6. The first-order valence-electron chi connectivity index (χ1n) is 13.0. The maximum Gasteiger partial charge on any atom is 0.408 e. The number of amides is 3. The van der Waals surface area contributed by atoms with E-state index in [4.69, 9.17) is 9.47 Å². The number of aryl methyl sites for hydroxylation is 1. The first-order valence-corrected chi connectivity index (χ1v) is 13.0. The number of carbonyl (C=O) groups is 4. The van der Waals surface area contributed by atoms with Gasteiger partial charge in [0.15, 0.2) is 0 Å². The van der Waals surface area contributed by atoms with Gasteiger partial charge in [0.1, 0.15) is 11.6 Å². The van der Waals surface area contributed by atoms with Gasteiger partial charge in [-0.2, -0.15) is 0 Å². The van der Waals surface area contributed by atoms with E-state index in [0.717, 1.165) is 16.7 Å². The van der Waals surface area contributed by atoms with Crippen molar-refractivity contribution in [3.05, 3.63) is 84.5 Å². The Hall–Kier alpha value is -4.40. The van der Waals surface area contributed by atoms with Crippen molar-refractivity contribution < 1.29 is 28.7 Å². The highest BCUT2D eigenvalue weighted by molar-refractivity contribution is 6.01. The van der Waals surface area contributed by atoms with Gasteiger partial charge in [0, 0.05) is 12.1 Å². The minimum absolute atomic E-state index is 0.141. The van der Waals surface area contributed by atoms with Gasteiger partial charge in [-0.3, -0.25) is 14.4 Å². The summed E-state index contributed by atoms with van der Waals surface area (Å²) >= 11 is 0. The molecule has 0 aliphatic carbocycles. The van der Waals surface area contributed by atoms with Crippen molar-refractivity contribution in [2.75, 3.05) is 13.7 Å². The second kappa shape index (κ2) is 14.7. The molecule has 2 aromatic carbocycles. The van der Waals surface area contributed by atoms with Crippen molar-refractivity contribution >= 4 is 23.9 Å². The maximum atomic E-state index is 13.3. The molecule has 0 saturated carbocycles. The molecule has 40 heavy (non-hydrogen) atoms. The molecule has 9 nitrogen and oxygen atoms in total. The van der Waals surface area contributed by atoms with Crippen LogP contribution >= 0.6 is 0 Å². The van der Waals surface area contributed by atoms with Crippen LogP contribution in [0.25, 0.3) is 11.1 Å². The fourth-order valence-electron chi connectivity index (χ4n) is 4.03. The van der Waals surface area contributed by atoms with Gasteiger partial charge in [-0.1, -0.05) is 42.5 Å². The van der Waals surface area contributed by atoms with Crippen molar-refractivity contribution in [1.29, 1.82) is 0 Å². The summed E-state index contributed by atoms with van der Waals surface area (Å²) in [5.74, 6) is -1.30. The molecule has 9 heteroatoms. The highest BCUT2D eigenvalue weighted by Gasteiger charge is 2.27. The van der Waals surface area contributed by atoms with Crippen molar-refractivity contribution in [2.24, 2.45) is 0 Å². The van der Waals surface area contributed by atoms with E-state index in [1.807, 2.05) is 31.2 Å². The Balaban J connectivity index is 2.44. The van der Waals surface area contributed by atoms with Gasteiger partial charge in [0.05, 0.1) is 19.6 Å². The van der Waals surface area contributed by atoms with Crippen molar-refractivity contribution in [3.8, 4) is 11.1 Å². The zero-order chi connectivity index (χ0) is 29.9. The average Bonchev–Trinajstić information content (AvgIpc) is 2.89. The molecule has 2 aromatic rings. The van der Waals surface area contributed by atoms with Gasteiger partial charge in [0.25, 0.3) is 5.91 Å². The highest BCUT2D eigenvalue weighted by Crippen LogP contribution is 2.30. The van der Waals surface area contributed by atoms with Crippen LogP contribution in [0, 0.1) is 6.92 Å². The first-order chi connectivity index (χ1) is 18.9. The predicted octanol–water partition coefficient (Wildman–Crippen LogP) is 4.77. The molecular weight excluding hydrogens is 510 g/mol. The SMILES string of the molecule is C=CCNC(=O)c1cccc(C)c1-c1cccc([C@H](CC(=O)OC)NC(=O)[C@H](CC=C)NC(=O)OC(C)(C)C)c1. The number of esters is 1. The monoisotopic (exact) mass is 549 g/mol. The fraction of sp³-hybridized carbons (Fsp3) is 0.355. The number of ether oxygens (including phenoxy) is 2. The lowest BCUT2D eigenvalue weighted by Crippen LogP contribution is -2.49. The minimum atomic E-state index is -0.979. The Kier molecular flexibility index (Phi) is 11.7. The first kappa shape index (κ1) is 31.8. The van der Waals surface area contributed by atoms with E-state index in [0.29, 0.717) is 17.7 Å². The Morgan fingerprint density at radius 2 is 1.70 bits per heavy atom. The summed E-state index contributed by atoms with van der Waals surface area (Å²) in [4.78, 5) is 50.9. The van der Waals surface area contributed by atoms with Crippen LogP contribution in [0.1, 0.15) is 61.1 Å². The molecule has 0 aliphatic rings. The molecule has 0 saturated heterocycles. The molecule has 2 atom stereocenters. The number of rotatable bonds is 12.